The van der Waals surface area contributed by atoms with E-state index in [0.717, 1.165) is 29.0 Å². The molecule has 6 nitrogen and oxygen atoms in total. The highest BCUT2D eigenvalue weighted by Gasteiger charge is 2.28. The standard InChI is InChI=1S/C23H28N2O4S/c1-15(2)30(27,28)25-18-9-6-16(7-10-18)22(26)13-21-20-12-19(29-5)11-8-17(20)14-23(3,4)24-21/h6-13,15,24-25H,14H2,1-5H3/b21-13-. The van der Waals surface area contributed by atoms with Crippen molar-refractivity contribution < 1.29 is 17.9 Å². The number of carbonyl (C=O) groups excluding carboxylic acids is 1. The second kappa shape index (κ2) is 8.14. The monoisotopic (exact) mass is 428 g/mol. The average molecular weight is 429 g/mol. The van der Waals surface area contributed by atoms with E-state index in [0.29, 0.717) is 11.3 Å². The molecule has 0 saturated carbocycles. The van der Waals surface area contributed by atoms with Crippen LogP contribution < -0.4 is 14.8 Å². The number of hydrogen-bond donors (Lipinski definition) is 2. The minimum atomic E-state index is -3.43. The number of methoxy groups -OCH3 is 1. The smallest absolute Gasteiger partial charge is 0.235 e. The van der Waals surface area contributed by atoms with Crippen LogP contribution in [0.25, 0.3) is 5.70 Å². The van der Waals surface area contributed by atoms with Crippen molar-refractivity contribution in [2.24, 2.45) is 0 Å². The fourth-order valence-electron chi connectivity index (χ4n) is 3.35. The van der Waals surface area contributed by atoms with Crippen LogP contribution in [0, 0.1) is 0 Å². The van der Waals surface area contributed by atoms with E-state index in [-0.39, 0.29) is 11.3 Å². The SMILES string of the molecule is COc1ccc2c(c1)/C(=C/C(=O)c1ccc(NS(=O)(=O)C(C)C)cc1)NC(C)(C)C2. The predicted molar refractivity (Wildman–Crippen MR) is 120 cm³/mol. The lowest BCUT2D eigenvalue weighted by Gasteiger charge is -2.35. The van der Waals surface area contributed by atoms with E-state index in [1.807, 2.05) is 18.2 Å². The van der Waals surface area contributed by atoms with Crippen molar-refractivity contribution in [2.45, 2.75) is 44.9 Å². The zero-order valence-corrected chi connectivity index (χ0v) is 18.8. The lowest BCUT2D eigenvalue weighted by molar-refractivity contribution is 0.104. The first kappa shape index (κ1) is 21.9. The highest BCUT2D eigenvalue weighted by Crippen LogP contribution is 2.32. The number of sulfonamides is 1. The fraction of sp³-hybridized carbons (Fsp3) is 0.348. The molecule has 0 unspecified atom stereocenters. The molecule has 0 spiro atoms. The van der Waals surface area contributed by atoms with Crippen LogP contribution in [-0.2, 0) is 16.4 Å². The molecule has 2 aromatic rings. The lowest BCUT2D eigenvalue weighted by atomic mass is 9.85. The second-order valence-electron chi connectivity index (χ2n) is 8.40. The van der Waals surface area contributed by atoms with E-state index in [9.17, 15) is 13.2 Å². The summed E-state index contributed by atoms with van der Waals surface area (Å²) in [6.07, 6.45) is 2.43. The van der Waals surface area contributed by atoms with E-state index in [1.165, 1.54) is 0 Å². The number of fused-ring (bicyclic) bond motifs is 1. The van der Waals surface area contributed by atoms with Crippen molar-refractivity contribution in [2.75, 3.05) is 11.8 Å². The number of allylic oxidation sites excluding steroid dienone is 1. The molecule has 160 valence electrons. The molecular weight excluding hydrogens is 400 g/mol. The number of anilines is 1. The molecule has 7 heteroatoms. The van der Waals surface area contributed by atoms with Gasteiger partial charge in [-0.3, -0.25) is 9.52 Å². The van der Waals surface area contributed by atoms with Crippen LogP contribution >= 0.6 is 0 Å². The molecule has 3 rings (SSSR count). The Morgan fingerprint density at radius 1 is 1.17 bits per heavy atom. The van der Waals surface area contributed by atoms with Crippen LogP contribution in [0.4, 0.5) is 5.69 Å². The summed E-state index contributed by atoms with van der Waals surface area (Å²) < 4.78 is 31.9. The average Bonchev–Trinajstić information content (AvgIpc) is 2.67. The maximum Gasteiger partial charge on any atom is 0.235 e. The van der Waals surface area contributed by atoms with E-state index in [2.05, 4.69) is 23.9 Å². The minimum absolute atomic E-state index is 0.165. The molecule has 0 aromatic heterocycles. The number of ketones is 1. The third kappa shape index (κ3) is 4.84. The quantitative estimate of drug-likeness (QED) is 0.537. The Bertz CT molecular complexity index is 1080. The maximum absolute atomic E-state index is 12.9. The summed E-state index contributed by atoms with van der Waals surface area (Å²) in [6.45, 7) is 7.40. The third-order valence-corrected chi connectivity index (χ3v) is 6.80. The molecule has 1 heterocycles. The van der Waals surface area contributed by atoms with E-state index >= 15 is 0 Å². The lowest BCUT2D eigenvalue weighted by Crippen LogP contribution is -2.43. The molecule has 0 radical (unpaired) electrons. The Hall–Kier alpha value is -2.80. The Balaban J connectivity index is 1.89. The third-order valence-electron chi connectivity index (χ3n) is 5.04. The van der Waals surface area contributed by atoms with Crippen molar-refractivity contribution in [3.8, 4) is 5.75 Å². The maximum atomic E-state index is 12.9. The number of hydrogen-bond acceptors (Lipinski definition) is 5. The highest BCUT2D eigenvalue weighted by atomic mass is 32.2. The van der Waals surface area contributed by atoms with Crippen LogP contribution in [0.2, 0.25) is 0 Å². The van der Waals surface area contributed by atoms with Gasteiger partial charge in [-0.2, -0.15) is 0 Å². The first-order chi connectivity index (χ1) is 14.0. The molecular formula is C23H28N2O4S. The summed E-state index contributed by atoms with van der Waals surface area (Å²) in [5.74, 6) is 0.567. The largest absolute Gasteiger partial charge is 0.497 e. The normalized spacial score (nSPS) is 16.7. The van der Waals surface area contributed by atoms with Gasteiger partial charge >= 0.3 is 0 Å². The predicted octanol–water partition coefficient (Wildman–Crippen LogP) is 3.99. The molecule has 2 aromatic carbocycles. The van der Waals surface area contributed by atoms with Gasteiger partial charge in [0.05, 0.1) is 12.4 Å². The van der Waals surface area contributed by atoms with Crippen molar-refractivity contribution in [1.82, 2.24) is 5.32 Å². The van der Waals surface area contributed by atoms with Gasteiger partial charge in [-0.25, -0.2) is 8.42 Å². The Kier molecular flexibility index (Phi) is 5.94. The van der Waals surface area contributed by atoms with Crippen molar-refractivity contribution in [3.63, 3.8) is 0 Å². The zero-order valence-electron chi connectivity index (χ0n) is 17.9. The van der Waals surface area contributed by atoms with Gasteiger partial charge in [-0.05, 0) is 76.1 Å². The van der Waals surface area contributed by atoms with E-state index < -0.39 is 15.3 Å². The molecule has 0 atom stereocenters. The van der Waals surface area contributed by atoms with Gasteiger partial charge < -0.3 is 10.1 Å². The number of nitrogens with one attached hydrogen (secondary N) is 2. The molecule has 2 N–H and O–H groups in total. The number of rotatable bonds is 6. The summed E-state index contributed by atoms with van der Waals surface area (Å²) in [6, 6.07) is 12.3. The summed E-state index contributed by atoms with van der Waals surface area (Å²) in [5.41, 5.74) is 3.56. The van der Waals surface area contributed by atoms with Gasteiger partial charge in [0.15, 0.2) is 5.78 Å². The molecule has 1 aliphatic heterocycles. The van der Waals surface area contributed by atoms with Crippen LogP contribution in [-0.4, -0.2) is 32.1 Å². The first-order valence-electron chi connectivity index (χ1n) is 9.84. The summed E-state index contributed by atoms with van der Waals surface area (Å²) >= 11 is 0. The first-order valence-corrected chi connectivity index (χ1v) is 11.4. The van der Waals surface area contributed by atoms with Gasteiger partial charge in [0.25, 0.3) is 0 Å². The van der Waals surface area contributed by atoms with Crippen LogP contribution in [0.1, 0.15) is 49.2 Å². The molecule has 0 amide bonds. The van der Waals surface area contributed by atoms with Gasteiger partial charge in [-0.15, -0.1) is 0 Å². The Labute approximate surface area is 178 Å². The number of benzene rings is 2. The number of ether oxygens (including phenoxy) is 1. The topological polar surface area (TPSA) is 84.5 Å². The summed E-state index contributed by atoms with van der Waals surface area (Å²) in [4.78, 5) is 12.9. The van der Waals surface area contributed by atoms with Crippen molar-refractivity contribution in [1.29, 1.82) is 0 Å². The summed E-state index contributed by atoms with van der Waals surface area (Å²) in [7, 11) is -1.81. The van der Waals surface area contributed by atoms with Gasteiger partial charge in [0.1, 0.15) is 5.75 Å². The van der Waals surface area contributed by atoms with Gasteiger partial charge in [-0.1, -0.05) is 6.07 Å². The van der Waals surface area contributed by atoms with E-state index in [4.69, 9.17) is 4.74 Å². The molecule has 1 aliphatic rings. The van der Waals surface area contributed by atoms with Crippen molar-refractivity contribution in [3.05, 3.63) is 65.2 Å². The molecule has 0 aliphatic carbocycles. The Morgan fingerprint density at radius 3 is 2.43 bits per heavy atom. The molecule has 0 saturated heterocycles. The van der Waals surface area contributed by atoms with E-state index in [1.54, 1.807) is 51.3 Å². The fourth-order valence-corrected chi connectivity index (χ4v) is 4.05. The highest BCUT2D eigenvalue weighted by molar-refractivity contribution is 7.93. The molecule has 30 heavy (non-hydrogen) atoms. The minimum Gasteiger partial charge on any atom is -0.497 e. The summed E-state index contributed by atoms with van der Waals surface area (Å²) in [5, 5.41) is 2.91. The van der Waals surface area contributed by atoms with Crippen molar-refractivity contribution >= 4 is 27.2 Å². The van der Waals surface area contributed by atoms with Crippen LogP contribution in [0.15, 0.2) is 48.5 Å². The number of carbonyl (C=O) groups is 1. The molecule has 0 fully saturated rings. The van der Waals surface area contributed by atoms with Crippen LogP contribution in [0.3, 0.4) is 0 Å². The Morgan fingerprint density at radius 2 is 1.83 bits per heavy atom. The zero-order chi connectivity index (χ0) is 22.1. The van der Waals surface area contributed by atoms with Gasteiger partial charge in [0.2, 0.25) is 10.0 Å². The second-order valence-corrected chi connectivity index (χ2v) is 10.6. The molecule has 0 bridgehead atoms. The van der Waals surface area contributed by atoms with Crippen LogP contribution in [0.5, 0.6) is 5.75 Å². The van der Waals surface area contributed by atoms with Gasteiger partial charge in [0, 0.05) is 34.1 Å².